The Morgan fingerprint density at radius 2 is 0.554 bits per heavy atom. The molecule has 0 saturated heterocycles. The number of unbranched alkanes of at least 4 members (excludes halogenated alkanes) is 39. The Hall–Kier alpha value is -2.11. The van der Waals surface area contributed by atoms with Gasteiger partial charge in [-0.3, -0.25) is 14.4 Å². The van der Waals surface area contributed by atoms with Crippen LogP contribution in [0.3, 0.4) is 0 Å². The van der Waals surface area contributed by atoms with E-state index >= 15 is 0 Å². The number of carbonyl (C=O) groups excluding carboxylic acids is 3. The zero-order chi connectivity index (χ0) is 47.2. The maximum Gasteiger partial charge on any atom is 0.306 e. The molecule has 0 radical (unpaired) electrons. The van der Waals surface area contributed by atoms with Gasteiger partial charge in [-0.05, 0) is 38.5 Å². The molecule has 0 rings (SSSR count). The van der Waals surface area contributed by atoms with E-state index in [2.05, 4.69) is 45.1 Å². The normalized spacial score (nSPS) is 12.1. The van der Waals surface area contributed by atoms with E-state index in [1.807, 2.05) is 0 Å². The van der Waals surface area contributed by atoms with Gasteiger partial charge in [-0.1, -0.05) is 283 Å². The van der Waals surface area contributed by atoms with Gasteiger partial charge in [0.05, 0.1) is 0 Å². The van der Waals surface area contributed by atoms with Gasteiger partial charge in [0.2, 0.25) is 0 Å². The Labute approximate surface area is 404 Å². The molecule has 6 heteroatoms. The minimum Gasteiger partial charge on any atom is -0.462 e. The van der Waals surface area contributed by atoms with Gasteiger partial charge < -0.3 is 14.2 Å². The average Bonchev–Trinajstić information content (AvgIpc) is 3.30. The molecule has 0 aliphatic rings. The summed E-state index contributed by atoms with van der Waals surface area (Å²) < 4.78 is 16.8. The van der Waals surface area contributed by atoms with Crippen LogP contribution < -0.4 is 0 Å². The summed E-state index contributed by atoms with van der Waals surface area (Å²) in [6.45, 7) is 6.62. The number of esters is 3. The van der Waals surface area contributed by atoms with Crippen molar-refractivity contribution in [3.8, 4) is 0 Å². The lowest BCUT2D eigenvalue weighted by Gasteiger charge is -2.18. The third-order valence-corrected chi connectivity index (χ3v) is 13.0. The number of allylic oxidation sites excluding steroid dienone is 4. The Kier molecular flexibility index (Phi) is 52.7. The predicted molar refractivity (Wildman–Crippen MR) is 279 cm³/mol. The first-order valence-electron chi connectivity index (χ1n) is 28.9. The fourth-order valence-corrected chi connectivity index (χ4v) is 8.60. The fraction of sp³-hybridized carbons (Fsp3) is 0.881. The Morgan fingerprint density at radius 1 is 0.308 bits per heavy atom. The van der Waals surface area contributed by atoms with Gasteiger partial charge in [-0.15, -0.1) is 0 Å². The molecule has 0 bridgehead atoms. The minimum atomic E-state index is -0.776. The summed E-state index contributed by atoms with van der Waals surface area (Å²) in [6, 6.07) is 0. The Balaban J connectivity index is 4.28. The zero-order valence-corrected chi connectivity index (χ0v) is 43.8. The van der Waals surface area contributed by atoms with Crippen LogP contribution in [0.1, 0.15) is 316 Å². The van der Waals surface area contributed by atoms with E-state index < -0.39 is 6.10 Å². The third-order valence-electron chi connectivity index (χ3n) is 13.0. The number of carbonyl (C=O) groups is 3. The van der Waals surface area contributed by atoms with Gasteiger partial charge in [-0.25, -0.2) is 0 Å². The number of rotatable bonds is 53. The van der Waals surface area contributed by atoms with E-state index in [0.29, 0.717) is 19.3 Å². The second-order valence-electron chi connectivity index (χ2n) is 19.6. The molecule has 0 aromatic carbocycles. The van der Waals surface area contributed by atoms with Gasteiger partial charge in [-0.2, -0.15) is 0 Å². The highest BCUT2D eigenvalue weighted by molar-refractivity contribution is 5.71. The second kappa shape index (κ2) is 54.5. The molecule has 1 atom stereocenters. The van der Waals surface area contributed by atoms with Crippen LogP contribution in [0, 0.1) is 0 Å². The quantitative estimate of drug-likeness (QED) is 0.0262. The molecule has 0 aliphatic heterocycles. The van der Waals surface area contributed by atoms with Gasteiger partial charge in [0.15, 0.2) is 6.10 Å². The van der Waals surface area contributed by atoms with Gasteiger partial charge in [0.25, 0.3) is 0 Å². The van der Waals surface area contributed by atoms with E-state index in [4.69, 9.17) is 14.2 Å². The van der Waals surface area contributed by atoms with Crippen LogP contribution in [0.4, 0.5) is 0 Å². The van der Waals surface area contributed by atoms with Crippen LogP contribution in [-0.4, -0.2) is 37.2 Å². The molecule has 0 spiro atoms. The van der Waals surface area contributed by atoms with E-state index in [1.165, 1.54) is 205 Å². The Bertz CT molecular complexity index is 1050. The smallest absolute Gasteiger partial charge is 0.306 e. The number of ether oxygens (including phenoxy) is 3. The van der Waals surface area contributed by atoms with Crippen molar-refractivity contribution in [1.82, 2.24) is 0 Å². The molecule has 0 amide bonds. The molecular weight excluding hydrogens is 805 g/mol. The molecule has 0 aromatic heterocycles. The molecular formula is C59H110O6. The van der Waals surface area contributed by atoms with Gasteiger partial charge in [0, 0.05) is 19.3 Å². The van der Waals surface area contributed by atoms with Crippen LogP contribution in [0.2, 0.25) is 0 Å². The zero-order valence-electron chi connectivity index (χ0n) is 43.8. The highest BCUT2D eigenvalue weighted by Gasteiger charge is 2.19. The van der Waals surface area contributed by atoms with E-state index in [0.717, 1.165) is 70.6 Å². The lowest BCUT2D eigenvalue weighted by atomic mass is 10.0. The Morgan fingerprint density at radius 3 is 0.862 bits per heavy atom. The largest absolute Gasteiger partial charge is 0.462 e. The molecule has 0 heterocycles. The molecule has 0 N–H and O–H groups in total. The van der Waals surface area contributed by atoms with Crippen molar-refractivity contribution in [2.45, 2.75) is 322 Å². The maximum absolute atomic E-state index is 12.8. The predicted octanol–water partition coefficient (Wildman–Crippen LogP) is 19.1. The van der Waals surface area contributed by atoms with Crippen molar-refractivity contribution >= 4 is 17.9 Å². The summed E-state index contributed by atoms with van der Waals surface area (Å²) in [6.07, 6.45) is 63.2. The lowest BCUT2D eigenvalue weighted by Crippen LogP contribution is -2.30. The van der Waals surface area contributed by atoms with Crippen molar-refractivity contribution in [2.24, 2.45) is 0 Å². The number of hydrogen-bond donors (Lipinski definition) is 0. The summed E-state index contributed by atoms with van der Waals surface area (Å²) in [5.74, 6) is -0.882. The topological polar surface area (TPSA) is 78.9 Å². The SMILES string of the molecule is CCCC/C=C\C=C/CCCCCC(=O)OCC(COC(=O)CCCCCCCCCCCCCCCCCCCC)OC(=O)CCCCCCCCCCCCCCCCCCCC. The highest BCUT2D eigenvalue weighted by atomic mass is 16.6. The van der Waals surface area contributed by atoms with Crippen LogP contribution in [-0.2, 0) is 28.6 Å². The van der Waals surface area contributed by atoms with Crippen molar-refractivity contribution in [3.05, 3.63) is 24.3 Å². The van der Waals surface area contributed by atoms with Crippen molar-refractivity contribution in [3.63, 3.8) is 0 Å². The van der Waals surface area contributed by atoms with E-state index in [-0.39, 0.29) is 31.1 Å². The molecule has 6 nitrogen and oxygen atoms in total. The molecule has 1 unspecified atom stereocenters. The van der Waals surface area contributed by atoms with E-state index in [1.54, 1.807) is 0 Å². The summed E-state index contributed by atoms with van der Waals surface area (Å²) in [7, 11) is 0. The second-order valence-corrected chi connectivity index (χ2v) is 19.6. The molecule has 382 valence electrons. The van der Waals surface area contributed by atoms with Gasteiger partial charge >= 0.3 is 17.9 Å². The third kappa shape index (κ3) is 52.7. The summed E-state index contributed by atoms with van der Waals surface area (Å²) in [5, 5.41) is 0. The fourth-order valence-electron chi connectivity index (χ4n) is 8.60. The maximum atomic E-state index is 12.8. The summed E-state index contributed by atoms with van der Waals surface area (Å²) in [5.41, 5.74) is 0. The van der Waals surface area contributed by atoms with Crippen LogP contribution >= 0.6 is 0 Å². The standard InChI is InChI=1S/C59H110O6/c1-4-7-10-13-16-19-22-24-26-28-30-32-34-37-40-43-46-49-52-58(61)64-55-56(54-63-57(60)51-48-45-42-39-36-21-18-15-12-9-6-3)65-59(62)53-50-47-44-41-38-35-33-31-29-27-25-23-20-17-14-11-8-5-2/h15,18,21,36,56H,4-14,16-17,19-20,22-35,37-55H2,1-3H3/b18-15-,36-21-. The molecule has 65 heavy (non-hydrogen) atoms. The first-order valence-corrected chi connectivity index (χ1v) is 28.9. The average molecular weight is 916 g/mol. The molecule has 0 aliphatic carbocycles. The lowest BCUT2D eigenvalue weighted by molar-refractivity contribution is -0.167. The van der Waals surface area contributed by atoms with Crippen molar-refractivity contribution < 1.29 is 28.6 Å². The first-order chi connectivity index (χ1) is 32.0. The number of hydrogen-bond acceptors (Lipinski definition) is 6. The van der Waals surface area contributed by atoms with Crippen molar-refractivity contribution in [2.75, 3.05) is 13.2 Å². The summed E-state index contributed by atoms with van der Waals surface area (Å²) in [4.78, 5) is 38.1. The molecule has 0 aromatic rings. The van der Waals surface area contributed by atoms with E-state index in [9.17, 15) is 14.4 Å². The van der Waals surface area contributed by atoms with Crippen LogP contribution in [0.15, 0.2) is 24.3 Å². The van der Waals surface area contributed by atoms with Gasteiger partial charge in [0.1, 0.15) is 13.2 Å². The minimum absolute atomic E-state index is 0.0742. The molecule has 0 saturated carbocycles. The highest BCUT2D eigenvalue weighted by Crippen LogP contribution is 2.17. The van der Waals surface area contributed by atoms with Crippen LogP contribution in [0.25, 0.3) is 0 Å². The van der Waals surface area contributed by atoms with Crippen molar-refractivity contribution in [1.29, 1.82) is 0 Å². The first kappa shape index (κ1) is 62.9. The molecule has 0 fully saturated rings. The monoisotopic (exact) mass is 915 g/mol. The summed E-state index contributed by atoms with van der Waals surface area (Å²) >= 11 is 0. The van der Waals surface area contributed by atoms with Crippen LogP contribution in [0.5, 0.6) is 0 Å².